The molecule has 0 N–H and O–H groups in total. The lowest BCUT2D eigenvalue weighted by Crippen LogP contribution is -1.93. The first-order valence-corrected chi connectivity index (χ1v) is 8.75. The van der Waals surface area contributed by atoms with Crippen LogP contribution in [0, 0.1) is 0 Å². The van der Waals surface area contributed by atoms with Gasteiger partial charge in [0.1, 0.15) is 10.1 Å². The third kappa shape index (κ3) is 3.84. The number of methoxy groups -OCH3 is 2. The molecule has 0 bridgehead atoms. The predicted octanol–water partition coefficient (Wildman–Crippen LogP) is 4.19. The summed E-state index contributed by atoms with van der Waals surface area (Å²) < 4.78 is 12.1. The van der Waals surface area contributed by atoms with E-state index in [9.17, 15) is 4.79 Å². The van der Waals surface area contributed by atoms with Gasteiger partial charge in [-0.1, -0.05) is 18.7 Å². The molecule has 1 aliphatic rings. The fourth-order valence-corrected chi connectivity index (χ4v) is 4.11. The van der Waals surface area contributed by atoms with Crippen molar-refractivity contribution in [2.75, 3.05) is 20.0 Å². The van der Waals surface area contributed by atoms with Gasteiger partial charge < -0.3 is 9.47 Å². The third-order valence-electron chi connectivity index (χ3n) is 2.63. The number of benzene rings is 1. The maximum absolute atomic E-state index is 11.9. The van der Waals surface area contributed by atoms with Crippen LogP contribution in [0.25, 0.3) is 6.08 Å². The van der Waals surface area contributed by atoms with Gasteiger partial charge in [-0.3, -0.25) is 4.79 Å². The standard InChI is InChI=1S/C14H14BrNO3S2/c1-4-20-14-16-10(13(17)21-14)6-8-5-9(15)12(19-3)11(7-8)18-2/h5-7H,4H2,1-3H3. The first-order valence-electron chi connectivity index (χ1n) is 6.16. The van der Waals surface area contributed by atoms with Gasteiger partial charge in [0.15, 0.2) is 11.5 Å². The van der Waals surface area contributed by atoms with E-state index in [2.05, 4.69) is 20.9 Å². The second-order valence-electron chi connectivity index (χ2n) is 3.97. The Kier molecular flexibility index (Phi) is 5.78. The number of aliphatic imine (C=N–C) groups is 1. The Bertz CT molecular complexity index is 629. The van der Waals surface area contributed by atoms with E-state index in [0.717, 1.165) is 20.2 Å². The lowest BCUT2D eigenvalue weighted by atomic mass is 10.1. The molecule has 4 nitrogen and oxygen atoms in total. The van der Waals surface area contributed by atoms with Crippen molar-refractivity contribution in [3.05, 3.63) is 27.9 Å². The lowest BCUT2D eigenvalue weighted by molar-refractivity contribution is -0.107. The number of halogens is 1. The molecule has 0 saturated heterocycles. The molecule has 0 spiro atoms. The minimum absolute atomic E-state index is 0.0307. The monoisotopic (exact) mass is 387 g/mol. The summed E-state index contributed by atoms with van der Waals surface area (Å²) in [5.41, 5.74) is 1.28. The summed E-state index contributed by atoms with van der Waals surface area (Å²) in [5, 5.41) is -0.0307. The van der Waals surface area contributed by atoms with Crippen molar-refractivity contribution >= 4 is 55.0 Å². The average molecular weight is 388 g/mol. The van der Waals surface area contributed by atoms with E-state index < -0.39 is 0 Å². The molecule has 0 radical (unpaired) electrons. The summed E-state index contributed by atoms with van der Waals surface area (Å²) in [7, 11) is 3.16. The molecule has 1 aromatic rings. The van der Waals surface area contributed by atoms with Crippen LogP contribution in [-0.4, -0.2) is 29.5 Å². The lowest BCUT2D eigenvalue weighted by Gasteiger charge is -2.10. The number of ether oxygens (including phenoxy) is 2. The molecule has 0 unspecified atom stereocenters. The van der Waals surface area contributed by atoms with Crippen LogP contribution in [0.15, 0.2) is 27.3 Å². The average Bonchev–Trinajstić information content (AvgIpc) is 2.78. The van der Waals surface area contributed by atoms with Crippen molar-refractivity contribution in [1.29, 1.82) is 0 Å². The van der Waals surface area contributed by atoms with Crippen molar-refractivity contribution in [3.63, 3.8) is 0 Å². The van der Waals surface area contributed by atoms with Crippen molar-refractivity contribution in [3.8, 4) is 11.5 Å². The zero-order chi connectivity index (χ0) is 15.4. The van der Waals surface area contributed by atoms with Crippen LogP contribution in [0.4, 0.5) is 0 Å². The molecular weight excluding hydrogens is 374 g/mol. The molecule has 0 atom stereocenters. The van der Waals surface area contributed by atoms with Crippen LogP contribution in [0.1, 0.15) is 12.5 Å². The largest absolute Gasteiger partial charge is 0.493 e. The highest BCUT2D eigenvalue weighted by Gasteiger charge is 2.22. The Hall–Kier alpha value is -0.920. The zero-order valence-corrected chi connectivity index (χ0v) is 15.0. The normalized spacial score (nSPS) is 16.3. The number of nitrogens with zero attached hydrogens (tertiary/aromatic N) is 1. The molecule has 0 amide bonds. The Balaban J connectivity index is 2.37. The van der Waals surface area contributed by atoms with Crippen LogP contribution in [0.2, 0.25) is 0 Å². The predicted molar refractivity (Wildman–Crippen MR) is 93.4 cm³/mol. The topological polar surface area (TPSA) is 47.9 Å². The molecule has 1 heterocycles. The van der Waals surface area contributed by atoms with E-state index in [0.29, 0.717) is 17.2 Å². The van der Waals surface area contributed by atoms with Crippen LogP contribution < -0.4 is 9.47 Å². The fourth-order valence-electron chi connectivity index (χ4n) is 1.75. The number of hydrogen-bond acceptors (Lipinski definition) is 6. The molecule has 1 aromatic carbocycles. The number of hydrogen-bond donors (Lipinski definition) is 0. The minimum atomic E-state index is -0.0307. The van der Waals surface area contributed by atoms with E-state index in [4.69, 9.17) is 9.47 Å². The number of thioether (sulfide) groups is 2. The SMILES string of the molecule is CCSC1=NC(=Cc2cc(Br)c(OC)c(OC)c2)C(=O)S1. The summed E-state index contributed by atoms with van der Waals surface area (Å²) in [4.78, 5) is 16.3. The van der Waals surface area contributed by atoms with Gasteiger partial charge in [-0.2, -0.15) is 0 Å². The smallest absolute Gasteiger partial charge is 0.244 e. The second-order valence-corrected chi connectivity index (χ2v) is 7.30. The van der Waals surface area contributed by atoms with E-state index in [-0.39, 0.29) is 5.12 Å². The summed E-state index contributed by atoms with van der Waals surface area (Å²) >= 11 is 6.18. The summed E-state index contributed by atoms with van der Waals surface area (Å²) in [6.07, 6.45) is 1.76. The van der Waals surface area contributed by atoms with Crippen LogP contribution >= 0.6 is 39.5 Å². The Morgan fingerprint density at radius 1 is 1.38 bits per heavy atom. The van der Waals surface area contributed by atoms with E-state index in [1.807, 2.05) is 19.1 Å². The highest BCUT2D eigenvalue weighted by molar-refractivity contribution is 9.10. The van der Waals surface area contributed by atoms with Gasteiger partial charge >= 0.3 is 0 Å². The molecule has 21 heavy (non-hydrogen) atoms. The van der Waals surface area contributed by atoms with Crippen LogP contribution in [0.5, 0.6) is 11.5 Å². The second kappa shape index (κ2) is 7.38. The number of rotatable bonds is 4. The summed E-state index contributed by atoms with van der Waals surface area (Å²) in [6, 6.07) is 3.68. The summed E-state index contributed by atoms with van der Waals surface area (Å²) in [5.74, 6) is 2.12. The first-order chi connectivity index (χ1) is 10.1. The number of carbonyl (C=O) groups excluding carboxylic acids is 1. The zero-order valence-electron chi connectivity index (χ0n) is 11.8. The Morgan fingerprint density at radius 3 is 2.76 bits per heavy atom. The van der Waals surface area contributed by atoms with Gasteiger partial charge in [0.2, 0.25) is 5.12 Å². The number of carbonyl (C=O) groups is 1. The van der Waals surface area contributed by atoms with Gasteiger partial charge in [0.05, 0.1) is 18.7 Å². The molecule has 7 heteroatoms. The molecular formula is C14H14BrNO3S2. The molecule has 0 fully saturated rings. The van der Waals surface area contributed by atoms with Gasteiger partial charge in [0.25, 0.3) is 0 Å². The van der Waals surface area contributed by atoms with E-state index in [1.54, 1.807) is 32.1 Å². The van der Waals surface area contributed by atoms with Gasteiger partial charge in [-0.05, 0) is 57.2 Å². The minimum Gasteiger partial charge on any atom is -0.493 e. The third-order valence-corrected chi connectivity index (χ3v) is 5.11. The highest BCUT2D eigenvalue weighted by Crippen LogP contribution is 2.38. The van der Waals surface area contributed by atoms with Crippen LogP contribution in [0.3, 0.4) is 0 Å². The van der Waals surface area contributed by atoms with Gasteiger partial charge in [0, 0.05) is 0 Å². The van der Waals surface area contributed by atoms with Gasteiger partial charge in [-0.15, -0.1) is 0 Å². The first kappa shape index (κ1) is 16.5. The molecule has 0 aliphatic carbocycles. The van der Waals surface area contributed by atoms with Gasteiger partial charge in [-0.25, -0.2) is 4.99 Å². The van der Waals surface area contributed by atoms with Crippen molar-refractivity contribution in [2.45, 2.75) is 6.92 Å². The fraction of sp³-hybridized carbons (Fsp3) is 0.286. The summed E-state index contributed by atoms with van der Waals surface area (Å²) in [6.45, 7) is 2.03. The van der Waals surface area contributed by atoms with Crippen molar-refractivity contribution in [1.82, 2.24) is 0 Å². The molecule has 112 valence electrons. The maximum atomic E-state index is 11.9. The molecule has 0 aromatic heterocycles. The molecule has 1 aliphatic heterocycles. The Labute approximate surface area is 140 Å². The van der Waals surface area contributed by atoms with Crippen molar-refractivity contribution in [2.24, 2.45) is 4.99 Å². The Morgan fingerprint density at radius 2 is 2.14 bits per heavy atom. The van der Waals surface area contributed by atoms with Crippen LogP contribution in [-0.2, 0) is 4.79 Å². The maximum Gasteiger partial charge on any atom is 0.244 e. The van der Waals surface area contributed by atoms with E-state index >= 15 is 0 Å². The molecule has 2 rings (SSSR count). The molecule has 0 saturated carbocycles. The highest BCUT2D eigenvalue weighted by atomic mass is 79.9. The van der Waals surface area contributed by atoms with E-state index in [1.165, 1.54) is 11.8 Å². The quantitative estimate of drug-likeness (QED) is 0.724. The van der Waals surface area contributed by atoms with Crippen molar-refractivity contribution < 1.29 is 14.3 Å².